The Morgan fingerprint density at radius 3 is 2.46 bits per heavy atom. The minimum Gasteiger partial charge on any atom is -0.354 e. The Bertz CT molecular complexity index is 1570. The second-order valence-electron chi connectivity index (χ2n) is 9.02. The lowest BCUT2D eigenvalue weighted by Crippen LogP contribution is -2.35. The zero-order valence-corrected chi connectivity index (χ0v) is 19.9. The van der Waals surface area contributed by atoms with Gasteiger partial charge in [-0.1, -0.05) is 79.7 Å². The maximum absolute atomic E-state index is 13.6. The van der Waals surface area contributed by atoms with Gasteiger partial charge >= 0.3 is 0 Å². The first-order valence-corrected chi connectivity index (χ1v) is 11.9. The van der Waals surface area contributed by atoms with Crippen LogP contribution in [0.5, 0.6) is 0 Å². The summed E-state index contributed by atoms with van der Waals surface area (Å²) < 4.78 is 3.31. The van der Waals surface area contributed by atoms with Crippen molar-refractivity contribution in [2.75, 3.05) is 6.54 Å². The third-order valence-corrected chi connectivity index (χ3v) is 6.63. The van der Waals surface area contributed by atoms with Gasteiger partial charge < -0.3 is 9.88 Å². The quantitative estimate of drug-likeness (QED) is 0.382. The topological polar surface area (TPSA) is 68.9 Å². The highest BCUT2D eigenvalue weighted by Crippen LogP contribution is 2.27. The Morgan fingerprint density at radius 2 is 1.66 bits per heavy atom. The van der Waals surface area contributed by atoms with E-state index in [1.807, 2.05) is 71.3 Å². The van der Waals surface area contributed by atoms with Crippen molar-refractivity contribution in [1.82, 2.24) is 19.7 Å². The molecule has 3 aromatic carbocycles. The fourth-order valence-electron chi connectivity index (χ4n) is 4.59. The van der Waals surface area contributed by atoms with Crippen LogP contribution in [-0.4, -0.2) is 26.8 Å². The van der Waals surface area contributed by atoms with Crippen LogP contribution >= 0.6 is 0 Å². The second kappa shape index (κ2) is 9.58. The Balaban J connectivity index is 1.46. The minimum atomic E-state index is -0.265. The standard InChI is InChI=1S/C29H28N4O2/c1-20-10-6-7-13-23(20)18-32-26-15-9-8-14-24(26)25-17-31-33(29(35)28(25)32)19-27(34)30-16-21(2)22-11-4-3-5-12-22/h3-15,17,21H,16,18-19H2,1-2H3,(H,30,34). The van der Waals surface area contributed by atoms with Gasteiger partial charge in [0.25, 0.3) is 5.56 Å². The van der Waals surface area contributed by atoms with Crippen LogP contribution in [0.4, 0.5) is 0 Å². The van der Waals surface area contributed by atoms with Crippen LogP contribution in [0.25, 0.3) is 21.8 Å². The van der Waals surface area contributed by atoms with Gasteiger partial charge in [0.2, 0.25) is 5.91 Å². The van der Waals surface area contributed by atoms with Gasteiger partial charge in [0, 0.05) is 29.4 Å². The largest absolute Gasteiger partial charge is 0.354 e. The van der Waals surface area contributed by atoms with E-state index >= 15 is 0 Å². The van der Waals surface area contributed by atoms with Gasteiger partial charge in [-0.05, 0) is 35.6 Å². The summed E-state index contributed by atoms with van der Waals surface area (Å²) in [4.78, 5) is 26.3. The molecule has 5 rings (SSSR count). The molecule has 6 nitrogen and oxygen atoms in total. The molecule has 1 amide bonds. The predicted molar refractivity (Wildman–Crippen MR) is 140 cm³/mol. The van der Waals surface area contributed by atoms with Crippen molar-refractivity contribution >= 4 is 27.7 Å². The molecule has 0 bridgehead atoms. The molecule has 2 heterocycles. The Kier molecular flexibility index (Phi) is 6.19. The molecule has 35 heavy (non-hydrogen) atoms. The molecule has 176 valence electrons. The van der Waals surface area contributed by atoms with E-state index in [4.69, 9.17) is 0 Å². The number of nitrogens with zero attached hydrogens (tertiary/aromatic N) is 3. The number of nitrogens with one attached hydrogen (secondary N) is 1. The summed E-state index contributed by atoms with van der Waals surface area (Å²) in [5.74, 6) is -0.0627. The summed E-state index contributed by atoms with van der Waals surface area (Å²) in [5.41, 5.74) is 4.74. The molecule has 0 saturated heterocycles. The van der Waals surface area contributed by atoms with E-state index in [1.165, 1.54) is 10.2 Å². The molecule has 1 atom stereocenters. The molecule has 2 aromatic heterocycles. The summed E-state index contributed by atoms with van der Waals surface area (Å²) in [6.45, 7) is 5.08. The Labute approximate surface area is 203 Å². The maximum atomic E-state index is 13.6. The third-order valence-electron chi connectivity index (χ3n) is 6.63. The average Bonchev–Trinajstić information content (AvgIpc) is 3.20. The van der Waals surface area contributed by atoms with Gasteiger partial charge in [0.1, 0.15) is 12.1 Å². The van der Waals surface area contributed by atoms with Crippen LogP contribution < -0.4 is 10.9 Å². The summed E-state index contributed by atoms with van der Waals surface area (Å²) >= 11 is 0. The lowest BCUT2D eigenvalue weighted by atomic mass is 10.0. The summed E-state index contributed by atoms with van der Waals surface area (Å²) in [5, 5.41) is 9.08. The van der Waals surface area contributed by atoms with Crippen molar-refractivity contribution < 1.29 is 4.79 Å². The number of rotatable bonds is 7. The lowest BCUT2D eigenvalue weighted by molar-refractivity contribution is -0.121. The Morgan fingerprint density at radius 1 is 0.943 bits per heavy atom. The number of aromatic nitrogens is 3. The lowest BCUT2D eigenvalue weighted by Gasteiger charge is -2.13. The first kappa shape index (κ1) is 22.6. The highest BCUT2D eigenvalue weighted by atomic mass is 16.2. The molecule has 0 aliphatic carbocycles. The summed E-state index contributed by atoms with van der Waals surface area (Å²) in [7, 11) is 0. The number of carbonyl (C=O) groups excluding carboxylic acids is 1. The molecule has 5 aromatic rings. The number of fused-ring (bicyclic) bond motifs is 3. The molecule has 0 aliphatic rings. The first-order valence-electron chi connectivity index (χ1n) is 11.9. The maximum Gasteiger partial charge on any atom is 0.291 e. The van der Waals surface area contributed by atoms with E-state index < -0.39 is 0 Å². The van der Waals surface area contributed by atoms with Crippen LogP contribution in [0.15, 0.2) is 89.9 Å². The van der Waals surface area contributed by atoms with Crippen molar-refractivity contribution in [2.45, 2.75) is 32.9 Å². The summed E-state index contributed by atoms with van der Waals surface area (Å²) in [6.07, 6.45) is 1.70. The number of benzene rings is 3. The molecule has 0 fully saturated rings. The number of hydrogen-bond acceptors (Lipinski definition) is 3. The number of aryl methyl sites for hydroxylation is 1. The molecule has 1 unspecified atom stereocenters. The highest BCUT2D eigenvalue weighted by molar-refractivity contribution is 6.07. The molecule has 0 saturated carbocycles. The Hall–Kier alpha value is -4.19. The number of carbonyl (C=O) groups is 1. The first-order chi connectivity index (χ1) is 17.0. The molecule has 1 N–H and O–H groups in total. The predicted octanol–water partition coefficient (Wildman–Crippen LogP) is 4.63. The van der Waals surface area contributed by atoms with Crippen LogP contribution in [0, 0.1) is 6.92 Å². The van der Waals surface area contributed by atoms with E-state index in [-0.39, 0.29) is 23.9 Å². The van der Waals surface area contributed by atoms with Crippen LogP contribution in [0.3, 0.4) is 0 Å². The zero-order chi connectivity index (χ0) is 24.4. The van der Waals surface area contributed by atoms with Gasteiger partial charge in [-0.25, -0.2) is 4.68 Å². The van der Waals surface area contributed by atoms with Gasteiger partial charge in [-0.15, -0.1) is 0 Å². The molecular formula is C29H28N4O2. The minimum absolute atomic E-state index is 0.123. The van der Waals surface area contributed by atoms with Gasteiger partial charge in [0.05, 0.1) is 6.20 Å². The molecule has 0 spiro atoms. The third kappa shape index (κ3) is 4.47. The average molecular weight is 465 g/mol. The smallest absolute Gasteiger partial charge is 0.291 e. The van der Waals surface area contributed by atoms with E-state index in [0.717, 1.165) is 27.4 Å². The van der Waals surface area contributed by atoms with Crippen molar-refractivity contribution in [3.63, 3.8) is 0 Å². The monoisotopic (exact) mass is 464 g/mol. The van der Waals surface area contributed by atoms with E-state index in [9.17, 15) is 9.59 Å². The molecule has 6 heteroatoms. The molecule has 0 radical (unpaired) electrons. The summed E-state index contributed by atoms with van der Waals surface area (Å²) in [6, 6.07) is 26.2. The van der Waals surface area contributed by atoms with Crippen LogP contribution in [0.1, 0.15) is 29.5 Å². The SMILES string of the molecule is Cc1ccccc1Cn1c2ccccc2c2cnn(CC(=O)NCC(C)c3ccccc3)c(=O)c21. The highest BCUT2D eigenvalue weighted by Gasteiger charge is 2.18. The van der Waals surface area contributed by atoms with Crippen LogP contribution in [0.2, 0.25) is 0 Å². The number of para-hydroxylation sites is 1. The fourth-order valence-corrected chi connectivity index (χ4v) is 4.59. The van der Waals surface area contributed by atoms with Crippen molar-refractivity contribution in [3.8, 4) is 0 Å². The number of hydrogen-bond donors (Lipinski definition) is 1. The zero-order valence-electron chi connectivity index (χ0n) is 19.9. The van der Waals surface area contributed by atoms with Crippen molar-refractivity contribution in [1.29, 1.82) is 0 Å². The second-order valence-corrected chi connectivity index (χ2v) is 9.02. The van der Waals surface area contributed by atoms with E-state index in [2.05, 4.69) is 36.4 Å². The van der Waals surface area contributed by atoms with Gasteiger partial charge in [-0.3, -0.25) is 9.59 Å². The van der Waals surface area contributed by atoms with Crippen molar-refractivity contribution in [2.24, 2.45) is 0 Å². The molecule has 0 aliphatic heterocycles. The number of amides is 1. The van der Waals surface area contributed by atoms with E-state index in [0.29, 0.717) is 18.6 Å². The van der Waals surface area contributed by atoms with Gasteiger partial charge in [-0.2, -0.15) is 5.10 Å². The van der Waals surface area contributed by atoms with Crippen molar-refractivity contribution in [3.05, 3.63) is 112 Å². The van der Waals surface area contributed by atoms with Crippen LogP contribution in [-0.2, 0) is 17.9 Å². The van der Waals surface area contributed by atoms with Gasteiger partial charge in [0.15, 0.2) is 0 Å². The fraction of sp³-hybridized carbons (Fsp3) is 0.207. The molecular weight excluding hydrogens is 436 g/mol. The van der Waals surface area contributed by atoms with E-state index in [1.54, 1.807) is 6.20 Å². The normalized spacial score (nSPS) is 12.2.